The molecule has 0 bridgehead atoms. The molecule has 0 aliphatic rings. The van der Waals surface area contributed by atoms with Gasteiger partial charge in [-0.3, -0.25) is 4.98 Å². The van der Waals surface area contributed by atoms with Gasteiger partial charge in [0.2, 0.25) is 0 Å². The van der Waals surface area contributed by atoms with E-state index < -0.39 is 0 Å². The summed E-state index contributed by atoms with van der Waals surface area (Å²) in [5.41, 5.74) is 6.08. The van der Waals surface area contributed by atoms with Gasteiger partial charge in [-0.25, -0.2) is 0 Å². The number of benzene rings is 1. The topological polar surface area (TPSA) is 90.0 Å². The maximum absolute atomic E-state index is 8.81. The fourth-order valence-corrected chi connectivity index (χ4v) is 1.90. The SMILES string of the molecule is COc1ccc(/C(N)=N/O)c(Oc2cncc(Br)c2)c1. The van der Waals surface area contributed by atoms with Crippen molar-refractivity contribution in [1.82, 2.24) is 4.98 Å². The third-order valence-electron chi connectivity index (χ3n) is 2.48. The van der Waals surface area contributed by atoms with Crippen molar-refractivity contribution in [2.45, 2.75) is 0 Å². The molecular formula is C13H12BrN3O3. The van der Waals surface area contributed by atoms with Crippen LogP contribution in [0.4, 0.5) is 0 Å². The molecule has 0 atom stereocenters. The monoisotopic (exact) mass is 337 g/mol. The molecular weight excluding hydrogens is 326 g/mol. The molecule has 1 aromatic carbocycles. The number of nitrogens with two attached hydrogens (primary N) is 1. The molecule has 0 saturated heterocycles. The number of halogens is 1. The van der Waals surface area contributed by atoms with Crippen LogP contribution < -0.4 is 15.2 Å². The Morgan fingerprint density at radius 3 is 2.75 bits per heavy atom. The second-order valence-electron chi connectivity index (χ2n) is 3.79. The predicted octanol–water partition coefficient (Wildman–Crippen LogP) is 2.74. The molecule has 0 aliphatic carbocycles. The summed E-state index contributed by atoms with van der Waals surface area (Å²) in [5, 5.41) is 11.8. The highest BCUT2D eigenvalue weighted by molar-refractivity contribution is 9.10. The number of nitrogens with zero attached hydrogens (tertiary/aromatic N) is 2. The molecule has 0 radical (unpaired) electrons. The first-order valence-corrected chi connectivity index (χ1v) is 6.37. The number of aromatic nitrogens is 1. The molecule has 0 amide bonds. The van der Waals surface area contributed by atoms with Crippen LogP contribution in [0.3, 0.4) is 0 Å². The number of amidine groups is 1. The van der Waals surface area contributed by atoms with E-state index in [0.717, 1.165) is 4.47 Å². The molecule has 6 nitrogen and oxygen atoms in total. The Labute approximate surface area is 124 Å². The van der Waals surface area contributed by atoms with E-state index >= 15 is 0 Å². The van der Waals surface area contributed by atoms with Crippen molar-refractivity contribution >= 4 is 21.8 Å². The number of oxime groups is 1. The molecule has 20 heavy (non-hydrogen) atoms. The second kappa shape index (κ2) is 6.25. The number of ether oxygens (including phenoxy) is 2. The number of rotatable bonds is 4. The first-order chi connectivity index (χ1) is 9.63. The number of hydrogen-bond donors (Lipinski definition) is 2. The number of hydrogen-bond acceptors (Lipinski definition) is 5. The highest BCUT2D eigenvalue weighted by atomic mass is 79.9. The Morgan fingerprint density at radius 2 is 2.10 bits per heavy atom. The number of pyridine rings is 1. The average Bonchev–Trinajstić information content (AvgIpc) is 2.46. The van der Waals surface area contributed by atoms with Crippen molar-refractivity contribution < 1.29 is 14.7 Å². The van der Waals surface area contributed by atoms with Crippen LogP contribution in [-0.4, -0.2) is 23.1 Å². The molecule has 0 saturated carbocycles. The summed E-state index contributed by atoms with van der Waals surface area (Å²) in [4.78, 5) is 4.00. The molecule has 7 heteroatoms. The average molecular weight is 338 g/mol. The highest BCUT2D eigenvalue weighted by Crippen LogP contribution is 2.30. The summed E-state index contributed by atoms with van der Waals surface area (Å²) in [7, 11) is 1.54. The van der Waals surface area contributed by atoms with Crippen LogP contribution in [0.5, 0.6) is 17.2 Å². The molecule has 1 heterocycles. The minimum absolute atomic E-state index is 0.0504. The third-order valence-corrected chi connectivity index (χ3v) is 2.91. The lowest BCUT2D eigenvalue weighted by Crippen LogP contribution is -2.14. The fourth-order valence-electron chi connectivity index (χ4n) is 1.55. The van der Waals surface area contributed by atoms with Gasteiger partial charge >= 0.3 is 0 Å². The Bertz CT molecular complexity index is 647. The van der Waals surface area contributed by atoms with Crippen molar-refractivity contribution in [3.63, 3.8) is 0 Å². The summed E-state index contributed by atoms with van der Waals surface area (Å²) >= 11 is 3.31. The minimum Gasteiger partial charge on any atom is -0.497 e. The van der Waals surface area contributed by atoms with E-state index in [9.17, 15) is 0 Å². The normalized spacial score (nSPS) is 11.2. The molecule has 3 N–H and O–H groups in total. The first-order valence-electron chi connectivity index (χ1n) is 5.58. The van der Waals surface area contributed by atoms with E-state index in [0.29, 0.717) is 22.8 Å². The molecule has 0 fully saturated rings. The lowest BCUT2D eigenvalue weighted by Gasteiger charge is -2.11. The summed E-state index contributed by atoms with van der Waals surface area (Å²) in [5.74, 6) is 1.46. The van der Waals surface area contributed by atoms with Crippen LogP contribution in [0.25, 0.3) is 0 Å². The molecule has 0 spiro atoms. The summed E-state index contributed by atoms with van der Waals surface area (Å²) in [6, 6.07) is 6.74. The van der Waals surface area contributed by atoms with Gasteiger partial charge in [0.05, 0.1) is 18.9 Å². The van der Waals surface area contributed by atoms with Gasteiger partial charge < -0.3 is 20.4 Å². The van der Waals surface area contributed by atoms with Gasteiger partial charge in [-0.2, -0.15) is 0 Å². The van der Waals surface area contributed by atoms with E-state index in [2.05, 4.69) is 26.1 Å². The minimum atomic E-state index is -0.0504. The van der Waals surface area contributed by atoms with Crippen molar-refractivity contribution in [2.75, 3.05) is 7.11 Å². The predicted molar refractivity (Wildman–Crippen MR) is 77.5 cm³/mol. The Morgan fingerprint density at radius 1 is 1.30 bits per heavy atom. The van der Waals surface area contributed by atoms with E-state index in [-0.39, 0.29) is 5.84 Å². The second-order valence-corrected chi connectivity index (χ2v) is 4.70. The zero-order valence-corrected chi connectivity index (χ0v) is 12.2. The maximum Gasteiger partial charge on any atom is 0.173 e. The Kier molecular flexibility index (Phi) is 4.41. The number of methoxy groups -OCH3 is 1. The maximum atomic E-state index is 8.81. The lowest BCUT2D eigenvalue weighted by atomic mass is 10.1. The fraction of sp³-hybridized carbons (Fsp3) is 0.0769. The van der Waals surface area contributed by atoms with Gasteiger partial charge in [0.25, 0.3) is 0 Å². The smallest absolute Gasteiger partial charge is 0.173 e. The molecule has 0 unspecified atom stereocenters. The van der Waals surface area contributed by atoms with E-state index in [4.69, 9.17) is 20.4 Å². The van der Waals surface area contributed by atoms with Gasteiger partial charge in [0, 0.05) is 16.7 Å². The summed E-state index contributed by atoms with van der Waals surface area (Å²) in [6.07, 6.45) is 3.20. The van der Waals surface area contributed by atoms with Crippen molar-refractivity contribution in [3.05, 3.63) is 46.7 Å². The Hall–Kier alpha value is -2.28. The van der Waals surface area contributed by atoms with Gasteiger partial charge in [-0.1, -0.05) is 5.16 Å². The van der Waals surface area contributed by atoms with E-state index in [1.165, 1.54) is 0 Å². The van der Waals surface area contributed by atoms with E-state index in [1.54, 1.807) is 43.8 Å². The van der Waals surface area contributed by atoms with Gasteiger partial charge in [-0.15, -0.1) is 0 Å². The lowest BCUT2D eigenvalue weighted by molar-refractivity contribution is 0.318. The zero-order chi connectivity index (χ0) is 14.5. The molecule has 1 aromatic heterocycles. The van der Waals surface area contributed by atoms with Crippen LogP contribution in [0.2, 0.25) is 0 Å². The Balaban J connectivity index is 2.42. The summed E-state index contributed by atoms with van der Waals surface area (Å²) < 4.78 is 11.6. The third kappa shape index (κ3) is 3.18. The standard InChI is InChI=1S/C13H12BrN3O3/c1-19-9-2-3-11(13(15)17-18)12(5-9)20-10-4-8(14)6-16-7-10/h2-7,18H,1H3,(H2,15,17). The van der Waals surface area contributed by atoms with Crippen LogP contribution in [-0.2, 0) is 0 Å². The van der Waals surface area contributed by atoms with Gasteiger partial charge in [0.1, 0.15) is 17.2 Å². The van der Waals surface area contributed by atoms with Crippen LogP contribution in [0, 0.1) is 0 Å². The van der Waals surface area contributed by atoms with Crippen molar-refractivity contribution in [3.8, 4) is 17.2 Å². The highest BCUT2D eigenvalue weighted by Gasteiger charge is 2.11. The summed E-state index contributed by atoms with van der Waals surface area (Å²) in [6.45, 7) is 0. The van der Waals surface area contributed by atoms with E-state index in [1.807, 2.05) is 0 Å². The molecule has 2 rings (SSSR count). The largest absolute Gasteiger partial charge is 0.497 e. The zero-order valence-electron chi connectivity index (χ0n) is 10.6. The van der Waals surface area contributed by atoms with Crippen LogP contribution >= 0.6 is 15.9 Å². The molecule has 2 aromatic rings. The van der Waals surface area contributed by atoms with Crippen molar-refractivity contribution in [1.29, 1.82) is 0 Å². The van der Waals surface area contributed by atoms with Gasteiger partial charge in [-0.05, 0) is 34.1 Å². The van der Waals surface area contributed by atoms with Crippen LogP contribution in [0.15, 0.2) is 46.3 Å². The first kappa shape index (κ1) is 14.1. The van der Waals surface area contributed by atoms with Crippen LogP contribution in [0.1, 0.15) is 5.56 Å². The molecule has 0 aliphatic heterocycles. The molecule has 104 valence electrons. The van der Waals surface area contributed by atoms with Gasteiger partial charge in [0.15, 0.2) is 5.84 Å². The quantitative estimate of drug-likeness (QED) is 0.387. The van der Waals surface area contributed by atoms with Crippen molar-refractivity contribution in [2.24, 2.45) is 10.9 Å².